The van der Waals surface area contributed by atoms with Gasteiger partial charge in [-0.05, 0) is 6.42 Å². The summed E-state index contributed by atoms with van der Waals surface area (Å²) in [5.41, 5.74) is 6.22. The summed E-state index contributed by atoms with van der Waals surface area (Å²) in [6, 6.07) is 3.74. The second-order valence-corrected chi connectivity index (χ2v) is 3.80. The normalized spacial score (nSPS) is 9.75. The van der Waals surface area contributed by atoms with E-state index in [0.29, 0.717) is 6.61 Å². The third-order valence-electron chi connectivity index (χ3n) is 2.48. The number of hydrogen-bond acceptors (Lipinski definition) is 7. The van der Waals surface area contributed by atoms with Crippen molar-refractivity contribution in [2.75, 3.05) is 12.3 Å². The first kappa shape index (κ1) is 13.3. The number of nitrogens with zero attached hydrogens (tertiary/aromatic N) is 6. The average molecular weight is 269 g/mol. The van der Waals surface area contributed by atoms with E-state index in [0.717, 1.165) is 6.42 Å². The lowest BCUT2D eigenvalue weighted by Crippen LogP contribution is -2.08. The number of ether oxygens (including phenoxy) is 1. The van der Waals surface area contributed by atoms with Gasteiger partial charge < -0.3 is 10.5 Å². The van der Waals surface area contributed by atoms with Crippen LogP contribution in [0.4, 0.5) is 5.69 Å². The Hall–Kier alpha value is -3.13. The largest absolute Gasteiger partial charge is 0.476 e. The molecular weight excluding hydrogens is 258 g/mol. The van der Waals surface area contributed by atoms with Crippen LogP contribution in [0.15, 0.2) is 12.7 Å². The highest BCUT2D eigenvalue weighted by atomic mass is 16.5. The van der Waals surface area contributed by atoms with Crippen LogP contribution in [0.25, 0.3) is 5.82 Å². The van der Waals surface area contributed by atoms with E-state index in [-0.39, 0.29) is 28.8 Å². The Kier molecular flexibility index (Phi) is 3.77. The molecule has 8 nitrogen and oxygen atoms in total. The number of nitriles is 2. The van der Waals surface area contributed by atoms with E-state index in [1.54, 1.807) is 0 Å². The van der Waals surface area contributed by atoms with Gasteiger partial charge in [-0.3, -0.25) is 4.57 Å². The van der Waals surface area contributed by atoms with E-state index in [1.807, 2.05) is 19.1 Å². The maximum atomic E-state index is 9.10. The minimum atomic E-state index is 0.0153. The monoisotopic (exact) mass is 269 g/mol. The molecule has 0 spiro atoms. The summed E-state index contributed by atoms with van der Waals surface area (Å²) < 4.78 is 6.74. The molecule has 0 amide bonds. The van der Waals surface area contributed by atoms with Crippen molar-refractivity contribution in [1.29, 1.82) is 10.5 Å². The fourth-order valence-electron chi connectivity index (χ4n) is 1.57. The molecule has 0 aliphatic carbocycles. The first-order chi connectivity index (χ1) is 9.72. The Balaban J connectivity index is 2.52. The smallest absolute Gasteiger partial charge is 0.242 e. The molecule has 0 aliphatic rings. The SMILES string of the molecule is CCCOc1ncnc(-n2cnc(C#N)c2C#N)c1N. The molecular formula is C12H11N7O. The third-order valence-corrected chi connectivity index (χ3v) is 2.48. The lowest BCUT2D eigenvalue weighted by Gasteiger charge is -2.10. The fraction of sp³-hybridized carbons (Fsp3) is 0.250. The average Bonchev–Trinajstić information content (AvgIpc) is 2.88. The topological polar surface area (TPSA) is 126 Å². The Morgan fingerprint density at radius 2 is 2.10 bits per heavy atom. The Bertz CT molecular complexity index is 708. The summed E-state index contributed by atoms with van der Waals surface area (Å²) >= 11 is 0. The van der Waals surface area contributed by atoms with E-state index >= 15 is 0 Å². The van der Waals surface area contributed by atoms with Gasteiger partial charge >= 0.3 is 0 Å². The maximum Gasteiger partial charge on any atom is 0.242 e. The van der Waals surface area contributed by atoms with Crippen molar-refractivity contribution in [3.8, 4) is 23.8 Å². The van der Waals surface area contributed by atoms with Gasteiger partial charge in [0.1, 0.15) is 30.5 Å². The molecule has 2 heterocycles. The maximum absolute atomic E-state index is 9.10. The number of aromatic nitrogens is 4. The summed E-state index contributed by atoms with van der Waals surface area (Å²) in [4.78, 5) is 11.8. The van der Waals surface area contributed by atoms with E-state index in [1.165, 1.54) is 17.2 Å². The van der Waals surface area contributed by atoms with Crippen LogP contribution in [0.3, 0.4) is 0 Å². The molecule has 2 rings (SSSR count). The quantitative estimate of drug-likeness (QED) is 0.868. The van der Waals surface area contributed by atoms with E-state index < -0.39 is 0 Å². The number of nitrogen functional groups attached to an aromatic ring is 1. The fourth-order valence-corrected chi connectivity index (χ4v) is 1.57. The van der Waals surface area contributed by atoms with Crippen LogP contribution in [0.5, 0.6) is 5.88 Å². The second-order valence-electron chi connectivity index (χ2n) is 3.80. The molecule has 20 heavy (non-hydrogen) atoms. The molecule has 0 bridgehead atoms. The van der Waals surface area contributed by atoms with E-state index in [4.69, 9.17) is 21.0 Å². The Labute approximate surface area is 115 Å². The first-order valence-corrected chi connectivity index (χ1v) is 5.84. The molecule has 2 N–H and O–H groups in total. The van der Waals surface area contributed by atoms with Crippen molar-refractivity contribution in [2.45, 2.75) is 13.3 Å². The zero-order valence-electron chi connectivity index (χ0n) is 10.7. The van der Waals surface area contributed by atoms with Crippen LogP contribution < -0.4 is 10.5 Å². The number of rotatable bonds is 4. The molecule has 8 heteroatoms. The summed E-state index contributed by atoms with van der Waals surface area (Å²) in [6.07, 6.45) is 3.41. The predicted octanol–water partition coefficient (Wildman–Crippen LogP) is 0.777. The van der Waals surface area contributed by atoms with Gasteiger partial charge in [0.25, 0.3) is 0 Å². The molecule has 0 fully saturated rings. The van der Waals surface area contributed by atoms with Crippen LogP contribution in [0.1, 0.15) is 24.7 Å². The zero-order chi connectivity index (χ0) is 14.5. The minimum absolute atomic E-state index is 0.0153. The number of anilines is 1. The number of hydrogen-bond donors (Lipinski definition) is 1. The van der Waals surface area contributed by atoms with Crippen LogP contribution in [-0.4, -0.2) is 26.1 Å². The third kappa shape index (κ3) is 2.22. The van der Waals surface area contributed by atoms with Gasteiger partial charge in [0, 0.05) is 0 Å². The Morgan fingerprint density at radius 3 is 2.75 bits per heavy atom. The summed E-state index contributed by atoms with van der Waals surface area (Å²) in [5.74, 6) is 0.504. The van der Waals surface area contributed by atoms with Gasteiger partial charge in [-0.2, -0.15) is 15.5 Å². The molecule has 0 aromatic carbocycles. The lowest BCUT2D eigenvalue weighted by molar-refractivity contribution is 0.306. The van der Waals surface area contributed by atoms with Gasteiger partial charge in [-0.15, -0.1) is 0 Å². The van der Waals surface area contributed by atoms with Gasteiger partial charge in [0.2, 0.25) is 5.88 Å². The molecule has 0 saturated carbocycles. The molecule has 0 aliphatic heterocycles. The van der Waals surface area contributed by atoms with Crippen LogP contribution in [0, 0.1) is 22.7 Å². The molecule has 0 unspecified atom stereocenters. The number of nitrogens with two attached hydrogens (primary N) is 1. The Morgan fingerprint density at radius 1 is 1.30 bits per heavy atom. The summed E-state index contributed by atoms with van der Waals surface area (Å²) in [5, 5.41) is 18.0. The number of imidazole rings is 1. The van der Waals surface area contributed by atoms with Gasteiger partial charge in [0.15, 0.2) is 17.2 Å². The first-order valence-electron chi connectivity index (χ1n) is 5.84. The van der Waals surface area contributed by atoms with Gasteiger partial charge in [0.05, 0.1) is 6.61 Å². The van der Waals surface area contributed by atoms with Crippen molar-refractivity contribution in [3.63, 3.8) is 0 Å². The van der Waals surface area contributed by atoms with Crippen molar-refractivity contribution >= 4 is 5.69 Å². The van der Waals surface area contributed by atoms with Crippen molar-refractivity contribution in [3.05, 3.63) is 24.0 Å². The van der Waals surface area contributed by atoms with Crippen molar-refractivity contribution in [1.82, 2.24) is 19.5 Å². The zero-order valence-corrected chi connectivity index (χ0v) is 10.7. The summed E-state index contributed by atoms with van der Waals surface area (Å²) in [6.45, 7) is 2.43. The molecule has 0 radical (unpaired) electrons. The van der Waals surface area contributed by atoms with Gasteiger partial charge in [-0.1, -0.05) is 6.92 Å². The standard InChI is InChI=1S/C12H11N7O/c1-2-3-20-12-10(15)11(16-6-17-12)19-7-18-8(4-13)9(19)5-14/h6-7H,2-3,15H2,1H3. The highest BCUT2D eigenvalue weighted by molar-refractivity contribution is 5.61. The minimum Gasteiger partial charge on any atom is -0.476 e. The van der Waals surface area contributed by atoms with Crippen LogP contribution in [-0.2, 0) is 0 Å². The van der Waals surface area contributed by atoms with Gasteiger partial charge in [-0.25, -0.2) is 9.97 Å². The molecule has 0 saturated heterocycles. The molecule has 0 atom stereocenters. The van der Waals surface area contributed by atoms with Crippen LogP contribution in [0.2, 0.25) is 0 Å². The highest BCUT2D eigenvalue weighted by Gasteiger charge is 2.17. The molecule has 2 aromatic rings. The van der Waals surface area contributed by atoms with Crippen LogP contribution >= 0.6 is 0 Å². The van der Waals surface area contributed by atoms with Crippen molar-refractivity contribution in [2.24, 2.45) is 0 Å². The summed E-state index contributed by atoms with van der Waals surface area (Å²) in [7, 11) is 0. The predicted molar refractivity (Wildman–Crippen MR) is 68.8 cm³/mol. The van der Waals surface area contributed by atoms with E-state index in [9.17, 15) is 0 Å². The molecule has 2 aromatic heterocycles. The van der Waals surface area contributed by atoms with E-state index in [2.05, 4.69) is 15.0 Å². The second kappa shape index (κ2) is 5.67. The molecule has 100 valence electrons. The van der Waals surface area contributed by atoms with Crippen molar-refractivity contribution < 1.29 is 4.74 Å². The lowest BCUT2D eigenvalue weighted by atomic mass is 10.3. The highest BCUT2D eigenvalue weighted by Crippen LogP contribution is 2.25.